The molecule has 26 heavy (non-hydrogen) atoms. The van der Waals surface area contributed by atoms with E-state index < -0.39 is 10.0 Å². The highest BCUT2D eigenvalue weighted by Crippen LogP contribution is 2.18. The standard InChI is InChI=1S/C19H26N2O3SSi/c1-3-13-21(14-4-2)25(23,24)17-9-5-15(6-10-17)19(22)20-16-7-11-18(26)12-8-16/h5-12H,3-4,13-14H2,1-2,26H3,(H,20,22). The van der Waals surface area contributed by atoms with E-state index in [4.69, 9.17) is 0 Å². The zero-order valence-electron chi connectivity index (χ0n) is 15.5. The molecule has 0 atom stereocenters. The first-order valence-corrected chi connectivity index (χ1v) is 11.3. The number of benzene rings is 2. The highest BCUT2D eigenvalue weighted by atomic mass is 32.2. The third kappa shape index (κ3) is 5.03. The zero-order chi connectivity index (χ0) is 19.2. The number of amides is 1. The smallest absolute Gasteiger partial charge is 0.255 e. The Bertz CT molecular complexity index is 828. The van der Waals surface area contributed by atoms with E-state index in [1.165, 1.54) is 21.6 Å². The molecule has 0 aliphatic heterocycles. The summed E-state index contributed by atoms with van der Waals surface area (Å²) in [5.74, 6) is -0.256. The summed E-state index contributed by atoms with van der Waals surface area (Å²) in [6, 6.07) is 13.8. The summed E-state index contributed by atoms with van der Waals surface area (Å²) in [5, 5.41) is 4.07. The van der Waals surface area contributed by atoms with E-state index in [1.807, 2.05) is 38.1 Å². The van der Waals surface area contributed by atoms with Crippen molar-refractivity contribution >= 4 is 37.0 Å². The lowest BCUT2D eigenvalue weighted by atomic mass is 10.2. The molecule has 0 fully saturated rings. The van der Waals surface area contributed by atoms with Crippen molar-refractivity contribution in [1.29, 1.82) is 0 Å². The maximum absolute atomic E-state index is 12.7. The number of hydrogen-bond acceptors (Lipinski definition) is 3. The Balaban J connectivity index is 2.16. The summed E-state index contributed by atoms with van der Waals surface area (Å²) < 4.78 is 27.0. The summed E-state index contributed by atoms with van der Waals surface area (Å²) in [5.41, 5.74) is 1.15. The van der Waals surface area contributed by atoms with Gasteiger partial charge < -0.3 is 5.32 Å². The van der Waals surface area contributed by atoms with E-state index in [0.717, 1.165) is 28.8 Å². The number of hydrogen-bond donors (Lipinski definition) is 1. The second-order valence-corrected chi connectivity index (χ2v) is 9.34. The molecule has 1 N–H and O–H groups in total. The van der Waals surface area contributed by atoms with Crippen LogP contribution in [0.5, 0.6) is 0 Å². The Morgan fingerprint density at radius 3 is 2.00 bits per heavy atom. The van der Waals surface area contributed by atoms with Gasteiger partial charge in [0.15, 0.2) is 0 Å². The van der Waals surface area contributed by atoms with Crippen LogP contribution < -0.4 is 10.5 Å². The molecule has 0 aliphatic carbocycles. The minimum atomic E-state index is -3.53. The van der Waals surface area contributed by atoms with Crippen LogP contribution >= 0.6 is 0 Å². The fraction of sp³-hybridized carbons (Fsp3) is 0.316. The molecular formula is C19H26N2O3SSi. The van der Waals surface area contributed by atoms with Gasteiger partial charge in [0.2, 0.25) is 10.0 Å². The van der Waals surface area contributed by atoms with Gasteiger partial charge in [-0.2, -0.15) is 4.31 Å². The van der Waals surface area contributed by atoms with Gasteiger partial charge in [-0.3, -0.25) is 4.79 Å². The van der Waals surface area contributed by atoms with Crippen molar-refractivity contribution in [1.82, 2.24) is 4.31 Å². The summed E-state index contributed by atoms with van der Waals surface area (Å²) in [4.78, 5) is 12.6. The summed E-state index contributed by atoms with van der Waals surface area (Å²) in [6.07, 6.45) is 1.53. The SMILES string of the molecule is CCCN(CCC)S(=O)(=O)c1ccc(C(=O)Nc2ccc([SiH3])cc2)cc1. The van der Waals surface area contributed by atoms with E-state index in [1.54, 1.807) is 12.1 Å². The fourth-order valence-electron chi connectivity index (χ4n) is 2.62. The first-order valence-electron chi connectivity index (χ1n) is 8.86. The predicted octanol–water partition coefficient (Wildman–Crippen LogP) is 1.74. The lowest BCUT2D eigenvalue weighted by molar-refractivity contribution is 0.102. The third-order valence-corrected chi connectivity index (χ3v) is 6.59. The van der Waals surface area contributed by atoms with Gasteiger partial charge in [0.05, 0.1) is 4.90 Å². The molecule has 0 radical (unpaired) electrons. The average molecular weight is 391 g/mol. The van der Waals surface area contributed by atoms with Gasteiger partial charge in [0.25, 0.3) is 5.91 Å². The Morgan fingerprint density at radius 1 is 0.962 bits per heavy atom. The van der Waals surface area contributed by atoms with Crippen LogP contribution in [-0.4, -0.2) is 42.0 Å². The number of carbonyl (C=O) groups excluding carboxylic acids is 1. The molecule has 0 bridgehead atoms. The van der Waals surface area contributed by atoms with Crippen LogP contribution in [0.3, 0.4) is 0 Å². The van der Waals surface area contributed by atoms with Gasteiger partial charge in [-0.1, -0.05) is 31.2 Å². The average Bonchev–Trinajstić information content (AvgIpc) is 2.63. The second-order valence-electron chi connectivity index (χ2n) is 6.25. The van der Waals surface area contributed by atoms with E-state index >= 15 is 0 Å². The van der Waals surface area contributed by atoms with E-state index in [9.17, 15) is 13.2 Å². The summed E-state index contributed by atoms with van der Waals surface area (Å²) >= 11 is 0. The summed E-state index contributed by atoms with van der Waals surface area (Å²) in [7, 11) is -2.56. The molecule has 2 aromatic carbocycles. The van der Waals surface area contributed by atoms with Crippen molar-refractivity contribution in [3.8, 4) is 0 Å². The molecule has 0 saturated heterocycles. The minimum Gasteiger partial charge on any atom is -0.322 e. The van der Waals surface area contributed by atoms with Crippen LogP contribution in [0.25, 0.3) is 0 Å². The van der Waals surface area contributed by atoms with Crippen molar-refractivity contribution in [2.75, 3.05) is 18.4 Å². The predicted molar refractivity (Wildman–Crippen MR) is 110 cm³/mol. The van der Waals surface area contributed by atoms with Crippen molar-refractivity contribution < 1.29 is 13.2 Å². The first kappa shape index (κ1) is 20.4. The van der Waals surface area contributed by atoms with Crippen LogP contribution in [0.2, 0.25) is 0 Å². The van der Waals surface area contributed by atoms with Crippen molar-refractivity contribution in [3.63, 3.8) is 0 Å². The van der Waals surface area contributed by atoms with Gasteiger partial charge in [-0.15, -0.1) is 0 Å². The number of nitrogens with zero attached hydrogens (tertiary/aromatic N) is 1. The molecule has 2 rings (SSSR count). The van der Waals surface area contributed by atoms with Crippen LogP contribution in [0.1, 0.15) is 37.0 Å². The van der Waals surface area contributed by atoms with Crippen LogP contribution in [0, 0.1) is 0 Å². The third-order valence-electron chi connectivity index (χ3n) is 4.01. The quantitative estimate of drug-likeness (QED) is 0.698. The molecule has 0 aromatic heterocycles. The topological polar surface area (TPSA) is 66.5 Å². The Kier molecular flexibility index (Phi) is 7.13. The Hall–Kier alpha value is -1.96. The van der Waals surface area contributed by atoms with E-state index in [2.05, 4.69) is 5.32 Å². The van der Waals surface area contributed by atoms with Crippen LogP contribution in [0.15, 0.2) is 53.4 Å². The van der Waals surface area contributed by atoms with Gasteiger partial charge in [0.1, 0.15) is 0 Å². The zero-order valence-corrected chi connectivity index (χ0v) is 18.3. The molecule has 140 valence electrons. The molecule has 7 heteroatoms. The molecule has 0 saturated carbocycles. The molecule has 5 nitrogen and oxygen atoms in total. The lowest BCUT2D eigenvalue weighted by Crippen LogP contribution is -2.32. The monoisotopic (exact) mass is 390 g/mol. The Labute approximate surface area is 158 Å². The fourth-order valence-corrected chi connectivity index (χ4v) is 4.58. The molecule has 0 heterocycles. The van der Waals surface area contributed by atoms with E-state index in [0.29, 0.717) is 18.7 Å². The number of rotatable bonds is 8. The lowest BCUT2D eigenvalue weighted by Gasteiger charge is -2.21. The second kappa shape index (κ2) is 9.11. The normalized spacial score (nSPS) is 11.7. The van der Waals surface area contributed by atoms with Gasteiger partial charge in [0, 0.05) is 34.6 Å². The summed E-state index contributed by atoms with van der Waals surface area (Å²) in [6.45, 7) is 4.90. The van der Waals surface area contributed by atoms with E-state index in [-0.39, 0.29) is 10.8 Å². The molecular weight excluding hydrogens is 364 g/mol. The maximum Gasteiger partial charge on any atom is 0.255 e. The van der Waals surface area contributed by atoms with Crippen LogP contribution in [0.4, 0.5) is 5.69 Å². The van der Waals surface area contributed by atoms with Crippen molar-refractivity contribution in [3.05, 3.63) is 54.1 Å². The molecule has 2 aromatic rings. The van der Waals surface area contributed by atoms with Crippen molar-refractivity contribution in [2.45, 2.75) is 31.6 Å². The molecule has 0 aliphatic rings. The molecule has 1 amide bonds. The number of nitrogens with one attached hydrogen (secondary N) is 1. The number of sulfonamides is 1. The van der Waals surface area contributed by atoms with Gasteiger partial charge in [-0.25, -0.2) is 8.42 Å². The van der Waals surface area contributed by atoms with Gasteiger partial charge >= 0.3 is 0 Å². The number of carbonyl (C=O) groups is 1. The highest BCUT2D eigenvalue weighted by Gasteiger charge is 2.23. The maximum atomic E-state index is 12.7. The van der Waals surface area contributed by atoms with Crippen molar-refractivity contribution in [2.24, 2.45) is 0 Å². The first-order chi connectivity index (χ1) is 12.4. The van der Waals surface area contributed by atoms with Gasteiger partial charge in [-0.05, 0) is 49.2 Å². The molecule has 0 unspecified atom stereocenters. The highest BCUT2D eigenvalue weighted by molar-refractivity contribution is 7.89. The molecule has 0 spiro atoms. The van der Waals surface area contributed by atoms with Crippen LogP contribution in [-0.2, 0) is 10.0 Å². The largest absolute Gasteiger partial charge is 0.322 e. The Morgan fingerprint density at radius 2 is 1.50 bits per heavy atom. The number of anilines is 1. The minimum absolute atomic E-state index is 0.219.